The molecule has 2 heterocycles. The minimum atomic E-state index is -0.978. The molecule has 0 aliphatic heterocycles. The van der Waals surface area contributed by atoms with Crippen LogP contribution in [0, 0.1) is 11.8 Å². The molecule has 2 fully saturated rings. The van der Waals surface area contributed by atoms with Crippen LogP contribution in [0.2, 0.25) is 10.0 Å². The fraction of sp³-hybridized carbons (Fsp3) is 0.379. The van der Waals surface area contributed by atoms with Crippen LogP contribution in [0.15, 0.2) is 57.0 Å². The largest absolute Gasteiger partial charge is 0.378 e. The first kappa shape index (κ1) is 25.2. The van der Waals surface area contributed by atoms with Crippen molar-refractivity contribution < 1.29 is 14.4 Å². The Morgan fingerprint density at radius 2 is 2.00 bits per heavy atom. The maximum Gasteiger partial charge on any atom is 0.145 e. The van der Waals surface area contributed by atoms with Crippen molar-refractivity contribution >= 4 is 60.7 Å². The number of aromatic nitrogens is 2. The predicted molar refractivity (Wildman–Crippen MR) is 154 cm³/mol. The highest BCUT2D eigenvalue weighted by atomic mass is 79.9. The first-order chi connectivity index (χ1) is 18.4. The molecule has 2 aromatic carbocycles. The van der Waals surface area contributed by atoms with E-state index < -0.39 is 5.60 Å². The molecule has 2 bridgehead atoms. The zero-order valence-electron chi connectivity index (χ0n) is 20.4. The van der Waals surface area contributed by atoms with Gasteiger partial charge >= 0.3 is 0 Å². The second-order valence-corrected chi connectivity index (χ2v) is 13.4. The van der Waals surface area contributed by atoms with Gasteiger partial charge in [-0.1, -0.05) is 56.4 Å². The number of halogens is 3. The molecule has 0 saturated heterocycles. The van der Waals surface area contributed by atoms with Crippen molar-refractivity contribution in [3.8, 4) is 11.3 Å². The van der Waals surface area contributed by atoms with E-state index in [4.69, 9.17) is 37.4 Å². The number of aliphatic hydroxyl groups is 1. The quantitative estimate of drug-likeness (QED) is 0.207. The molecule has 3 aliphatic carbocycles. The average Bonchev–Trinajstić information content (AvgIpc) is 3.48. The van der Waals surface area contributed by atoms with E-state index in [0.717, 1.165) is 68.7 Å². The summed E-state index contributed by atoms with van der Waals surface area (Å²) in [5.41, 5.74) is 3.34. The lowest BCUT2D eigenvalue weighted by molar-refractivity contribution is -0.0238. The standard InChI is InChI=1S/C29H25BrCl2N2O3S/c30-19-8-9-23-24(12-19)38-28(33-23)29(35)17-6-7-18(29)11-15(10-17)13-36-14-20-26(34-37-27(20)16-4-5-16)25-21(31)2-1-3-22(25)32/h1-3,6,8-9,12,15-16,18,35H,4-5,7,10-11,13-14H2/t15-,18-,29-/m1/s1. The summed E-state index contributed by atoms with van der Waals surface area (Å²) in [5.74, 6) is 1.71. The average molecular weight is 632 g/mol. The van der Waals surface area contributed by atoms with Crippen LogP contribution in [0.3, 0.4) is 0 Å². The first-order valence-corrected chi connectivity index (χ1v) is 15.3. The third kappa shape index (κ3) is 4.27. The van der Waals surface area contributed by atoms with Crippen molar-refractivity contribution in [3.63, 3.8) is 0 Å². The normalized spacial score (nSPS) is 24.8. The molecule has 3 atom stereocenters. The Morgan fingerprint density at radius 3 is 2.76 bits per heavy atom. The van der Waals surface area contributed by atoms with E-state index in [1.165, 1.54) is 0 Å². The topological polar surface area (TPSA) is 68.4 Å². The van der Waals surface area contributed by atoms with Gasteiger partial charge in [0, 0.05) is 27.4 Å². The molecule has 2 saturated carbocycles. The van der Waals surface area contributed by atoms with Crippen molar-refractivity contribution in [2.45, 2.75) is 50.2 Å². The molecule has 0 radical (unpaired) electrons. The molecule has 9 heteroatoms. The van der Waals surface area contributed by atoms with Crippen molar-refractivity contribution in [3.05, 3.63) is 78.9 Å². The zero-order valence-corrected chi connectivity index (χ0v) is 24.3. The number of rotatable bonds is 7. The second kappa shape index (κ2) is 9.72. The third-order valence-corrected chi connectivity index (χ3v) is 10.4. The molecule has 38 heavy (non-hydrogen) atoms. The summed E-state index contributed by atoms with van der Waals surface area (Å²) in [6, 6.07) is 11.5. The van der Waals surface area contributed by atoms with Gasteiger partial charge in [-0.05, 0) is 73.9 Å². The number of nitrogens with zero attached hydrogens (tertiary/aromatic N) is 2. The van der Waals surface area contributed by atoms with E-state index in [-0.39, 0.29) is 5.92 Å². The summed E-state index contributed by atoms with van der Waals surface area (Å²) >= 11 is 18.1. The lowest BCUT2D eigenvalue weighted by Crippen LogP contribution is -2.40. The Labute approximate surface area is 242 Å². The highest BCUT2D eigenvalue weighted by molar-refractivity contribution is 9.10. The van der Waals surface area contributed by atoms with Gasteiger partial charge in [0.15, 0.2) is 0 Å². The highest BCUT2D eigenvalue weighted by Gasteiger charge is 2.51. The number of fused-ring (bicyclic) bond motifs is 3. The lowest BCUT2D eigenvalue weighted by atomic mass is 9.72. The number of thiazole rings is 1. The summed E-state index contributed by atoms with van der Waals surface area (Å²) < 4.78 is 14.2. The van der Waals surface area contributed by atoms with Crippen LogP contribution in [0.5, 0.6) is 0 Å². The first-order valence-electron chi connectivity index (χ1n) is 12.9. The van der Waals surface area contributed by atoms with Gasteiger partial charge in [-0.25, -0.2) is 4.98 Å². The summed E-state index contributed by atoms with van der Waals surface area (Å²) in [7, 11) is 0. The van der Waals surface area contributed by atoms with Crippen LogP contribution in [-0.2, 0) is 16.9 Å². The van der Waals surface area contributed by atoms with Crippen LogP contribution in [-0.4, -0.2) is 21.9 Å². The van der Waals surface area contributed by atoms with Gasteiger partial charge in [-0.2, -0.15) is 0 Å². The predicted octanol–water partition coefficient (Wildman–Crippen LogP) is 8.66. The van der Waals surface area contributed by atoms with E-state index in [2.05, 4.69) is 33.2 Å². The fourth-order valence-electron chi connectivity index (χ4n) is 6.05. The van der Waals surface area contributed by atoms with Crippen LogP contribution in [0.1, 0.15) is 54.4 Å². The van der Waals surface area contributed by atoms with E-state index in [1.807, 2.05) is 30.3 Å². The van der Waals surface area contributed by atoms with Gasteiger partial charge in [0.05, 0.1) is 33.5 Å². The minimum Gasteiger partial charge on any atom is -0.378 e. The summed E-state index contributed by atoms with van der Waals surface area (Å²) in [5, 5.41) is 18.2. The Kier molecular flexibility index (Phi) is 6.46. The van der Waals surface area contributed by atoms with Crippen molar-refractivity contribution in [2.75, 3.05) is 6.61 Å². The third-order valence-electron chi connectivity index (χ3n) is 8.10. The molecule has 196 valence electrons. The highest BCUT2D eigenvalue weighted by Crippen LogP contribution is 2.55. The molecule has 4 aromatic rings. The van der Waals surface area contributed by atoms with E-state index in [0.29, 0.717) is 46.4 Å². The number of benzene rings is 2. The van der Waals surface area contributed by atoms with Crippen molar-refractivity contribution in [2.24, 2.45) is 11.8 Å². The molecule has 0 amide bonds. The van der Waals surface area contributed by atoms with Gasteiger partial charge in [0.1, 0.15) is 22.1 Å². The Morgan fingerprint density at radius 1 is 1.18 bits per heavy atom. The molecule has 0 spiro atoms. The van der Waals surface area contributed by atoms with Crippen molar-refractivity contribution in [1.82, 2.24) is 10.1 Å². The van der Waals surface area contributed by atoms with E-state index in [1.54, 1.807) is 11.3 Å². The molecule has 5 nitrogen and oxygen atoms in total. The van der Waals surface area contributed by atoms with Gasteiger partial charge < -0.3 is 14.4 Å². The smallest absolute Gasteiger partial charge is 0.145 e. The Hall–Kier alpha value is -1.74. The van der Waals surface area contributed by atoms with Crippen molar-refractivity contribution in [1.29, 1.82) is 0 Å². The van der Waals surface area contributed by atoms with E-state index >= 15 is 0 Å². The molecule has 7 rings (SSSR count). The van der Waals surface area contributed by atoms with Crippen LogP contribution >= 0.6 is 50.5 Å². The maximum absolute atomic E-state index is 11.9. The number of ether oxygens (including phenoxy) is 1. The Bertz CT molecular complexity index is 1560. The minimum absolute atomic E-state index is 0.110. The maximum atomic E-state index is 11.9. The Balaban J connectivity index is 1.08. The second-order valence-electron chi connectivity index (χ2n) is 10.6. The molecule has 2 aromatic heterocycles. The number of hydrogen-bond acceptors (Lipinski definition) is 6. The van der Waals surface area contributed by atoms with Gasteiger partial charge in [-0.3, -0.25) is 0 Å². The number of allylic oxidation sites excluding steroid dienone is 1. The van der Waals surface area contributed by atoms with Crippen LogP contribution < -0.4 is 0 Å². The summed E-state index contributed by atoms with van der Waals surface area (Å²) in [6.07, 6.45) is 6.96. The van der Waals surface area contributed by atoms with Gasteiger partial charge in [0.2, 0.25) is 0 Å². The molecule has 3 aliphatic rings. The molecule has 1 N–H and O–H groups in total. The molecular weight excluding hydrogens is 607 g/mol. The fourth-order valence-corrected chi connectivity index (χ4v) is 8.35. The molecular formula is C29H25BrCl2N2O3S. The number of hydrogen-bond donors (Lipinski definition) is 1. The van der Waals surface area contributed by atoms with Crippen LogP contribution in [0.4, 0.5) is 0 Å². The monoisotopic (exact) mass is 630 g/mol. The lowest BCUT2D eigenvalue weighted by Gasteiger charge is -2.39. The van der Waals surface area contributed by atoms with Crippen LogP contribution in [0.25, 0.3) is 21.5 Å². The van der Waals surface area contributed by atoms with Gasteiger partial charge in [0.25, 0.3) is 0 Å². The SMILES string of the molecule is O[C@]1(c2nc3ccc(Br)cc3s2)C2=CC[C@@H]1C[C@H](COCc1c(-c3c(Cl)cccc3Cl)noc1C1CC1)C2. The molecule has 0 unspecified atom stereocenters. The van der Waals surface area contributed by atoms with E-state index in [9.17, 15) is 5.11 Å². The zero-order chi connectivity index (χ0) is 26.0. The summed E-state index contributed by atoms with van der Waals surface area (Å²) in [6.45, 7) is 0.991. The summed E-state index contributed by atoms with van der Waals surface area (Å²) in [4.78, 5) is 4.83. The van der Waals surface area contributed by atoms with Gasteiger partial charge in [-0.15, -0.1) is 11.3 Å².